The first kappa shape index (κ1) is 28.2. The van der Waals surface area contributed by atoms with Gasteiger partial charge in [-0.3, -0.25) is 4.57 Å². The van der Waals surface area contributed by atoms with E-state index in [2.05, 4.69) is 137 Å². The lowest BCUT2D eigenvalue weighted by molar-refractivity contribution is 0.953. The summed E-state index contributed by atoms with van der Waals surface area (Å²) in [5, 5.41) is 7.32. The van der Waals surface area contributed by atoms with Gasteiger partial charge < -0.3 is 4.57 Å². The molecule has 0 aliphatic carbocycles. The van der Waals surface area contributed by atoms with E-state index < -0.39 is 0 Å². The predicted octanol–water partition coefficient (Wildman–Crippen LogP) is 11.8. The number of para-hydroxylation sites is 2. The summed E-state index contributed by atoms with van der Waals surface area (Å²) in [6, 6.07) is 57.7. The maximum atomic E-state index is 5.18. The average Bonchev–Trinajstić information content (AvgIpc) is 3.86. The molecule has 0 saturated carbocycles. The van der Waals surface area contributed by atoms with Crippen molar-refractivity contribution in [1.82, 2.24) is 24.1 Å². The molecule has 0 atom stereocenters. The van der Waals surface area contributed by atoms with Gasteiger partial charge in [0, 0.05) is 48.1 Å². The number of aromatic nitrogens is 5. The quantitative estimate of drug-likeness (QED) is 0.187. The van der Waals surface area contributed by atoms with E-state index in [9.17, 15) is 0 Å². The topological polar surface area (TPSA) is 48.5 Å². The maximum absolute atomic E-state index is 5.18. The van der Waals surface area contributed by atoms with E-state index in [0.29, 0.717) is 17.6 Å². The fourth-order valence-corrected chi connectivity index (χ4v) is 8.99. The van der Waals surface area contributed by atoms with Gasteiger partial charge in [-0.1, -0.05) is 133 Å². The van der Waals surface area contributed by atoms with Gasteiger partial charge in [-0.25, -0.2) is 4.98 Å². The van der Waals surface area contributed by atoms with E-state index in [0.717, 1.165) is 27.5 Å². The largest absolute Gasteiger partial charge is 0.307 e. The molecule has 238 valence electrons. The van der Waals surface area contributed by atoms with Gasteiger partial charge in [-0.15, -0.1) is 11.3 Å². The molecule has 5 nitrogen and oxygen atoms in total. The van der Waals surface area contributed by atoms with Crippen molar-refractivity contribution in [3.63, 3.8) is 0 Å². The fourth-order valence-electron chi connectivity index (χ4n) is 7.78. The van der Waals surface area contributed by atoms with Crippen LogP contribution in [-0.2, 0) is 0 Å². The molecule has 0 unspecified atom stereocenters. The lowest BCUT2D eigenvalue weighted by Gasteiger charge is -2.12. The van der Waals surface area contributed by atoms with Crippen molar-refractivity contribution < 1.29 is 0 Å². The molecule has 7 aromatic carbocycles. The zero-order valence-corrected chi connectivity index (χ0v) is 28.0. The van der Waals surface area contributed by atoms with Crippen LogP contribution in [0.15, 0.2) is 164 Å². The van der Waals surface area contributed by atoms with E-state index >= 15 is 0 Å². The van der Waals surface area contributed by atoms with Gasteiger partial charge in [-0.2, -0.15) is 9.97 Å². The van der Waals surface area contributed by atoms with E-state index in [1.165, 1.54) is 53.1 Å². The summed E-state index contributed by atoms with van der Waals surface area (Å²) >= 11 is 1.86. The first-order chi connectivity index (χ1) is 25.3. The van der Waals surface area contributed by atoms with Crippen LogP contribution < -0.4 is 0 Å². The molecule has 0 aliphatic heterocycles. The fraction of sp³-hybridized carbons (Fsp3) is 0. The van der Waals surface area contributed by atoms with Gasteiger partial charge in [0.25, 0.3) is 0 Å². The molecule has 11 rings (SSSR count). The minimum absolute atomic E-state index is 0.586. The summed E-state index contributed by atoms with van der Waals surface area (Å²) < 4.78 is 7.27. The molecule has 6 heteroatoms. The Labute approximate surface area is 296 Å². The molecule has 0 radical (unpaired) electrons. The Hall–Kier alpha value is -6.63. The lowest BCUT2D eigenvalue weighted by Crippen LogP contribution is -2.06. The standard InChI is InChI=1S/C45H27N5S/c1-3-14-28(15-4-1)43-46-44(29-16-5-2-6-17-29)48-45(47-43)50-36-23-11-8-20-34(36)40-37(50)27-26-32-30-18-7-10-22-35(30)49(41(32)40)38-24-13-21-33-31-19-9-12-25-39(31)51-42(33)38/h1-27H. The monoisotopic (exact) mass is 669 g/mol. The lowest BCUT2D eigenvalue weighted by atomic mass is 10.1. The number of hydrogen-bond acceptors (Lipinski definition) is 4. The second-order valence-electron chi connectivity index (χ2n) is 12.8. The van der Waals surface area contributed by atoms with Gasteiger partial charge in [0.15, 0.2) is 11.6 Å². The highest BCUT2D eigenvalue weighted by molar-refractivity contribution is 7.26. The highest BCUT2D eigenvalue weighted by atomic mass is 32.1. The minimum atomic E-state index is 0.586. The van der Waals surface area contributed by atoms with Crippen LogP contribution in [0.3, 0.4) is 0 Å². The highest BCUT2D eigenvalue weighted by Crippen LogP contribution is 2.44. The van der Waals surface area contributed by atoms with Crippen molar-refractivity contribution in [1.29, 1.82) is 0 Å². The second kappa shape index (κ2) is 10.9. The van der Waals surface area contributed by atoms with Crippen LogP contribution in [-0.4, -0.2) is 24.1 Å². The summed E-state index contributed by atoms with van der Waals surface area (Å²) in [6.45, 7) is 0. The zero-order chi connectivity index (χ0) is 33.5. The van der Waals surface area contributed by atoms with Crippen molar-refractivity contribution in [2.45, 2.75) is 0 Å². The third-order valence-electron chi connectivity index (χ3n) is 9.98. The Kier molecular flexibility index (Phi) is 6.05. The molecule has 4 heterocycles. The third-order valence-corrected chi connectivity index (χ3v) is 11.2. The Balaban J connectivity index is 1.28. The second-order valence-corrected chi connectivity index (χ2v) is 13.9. The van der Waals surface area contributed by atoms with Crippen LogP contribution in [0, 0.1) is 0 Å². The molecule has 4 aromatic heterocycles. The molecule has 0 N–H and O–H groups in total. The third kappa shape index (κ3) is 4.17. The van der Waals surface area contributed by atoms with Crippen molar-refractivity contribution in [3.05, 3.63) is 164 Å². The summed E-state index contributed by atoms with van der Waals surface area (Å²) in [5.74, 6) is 1.86. The molecule has 0 saturated heterocycles. The van der Waals surface area contributed by atoms with E-state index in [1.807, 2.05) is 47.7 Å². The van der Waals surface area contributed by atoms with Crippen LogP contribution in [0.5, 0.6) is 0 Å². The zero-order valence-electron chi connectivity index (χ0n) is 27.2. The molecule has 0 fully saturated rings. The molecule has 0 spiro atoms. The molecule has 0 bridgehead atoms. The SMILES string of the molecule is c1ccc(-c2nc(-c3ccccc3)nc(-n3c4ccccc4c4c3ccc3c5ccccc5n(-c5cccc6c5sc5ccccc56)c34)n2)cc1. The molecular formula is C45H27N5S. The van der Waals surface area contributed by atoms with Gasteiger partial charge in [0.2, 0.25) is 5.95 Å². The van der Waals surface area contributed by atoms with Crippen LogP contribution in [0.1, 0.15) is 0 Å². The molecule has 51 heavy (non-hydrogen) atoms. The predicted molar refractivity (Wildman–Crippen MR) is 212 cm³/mol. The normalized spacial score (nSPS) is 11.9. The first-order valence-corrected chi connectivity index (χ1v) is 17.9. The summed E-state index contributed by atoms with van der Waals surface area (Å²) in [6.07, 6.45) is 0. The number of fused-ring (bicyclic) bond motifs is 10. The highest BCUT2D eigenvalue weighted by Gasteiger charge is 2.23. The summed E-state index contributed by atoms with van der Waals surface area (Å²) in [4.78, 5) is 15.3. The summed E-state index contributed by atoms with van der Waals surface area (Å²) in [5.41, 5.74) is 7.51. The van der Waals surface area contributed by atoms with Crippen LogP contribution in [0.4, 0.5) is 0 Å². The Morgan fingerprint density at radius 3 is 1.71 bits per heavy atom. The van der Waals surface area contributed by atoms with Crippen LogP contribution >= 0.6 is 11.3 Å². The van der Waals surface area contributed by atoms with Gasteiger partial charge in [-0.05, 0) is 30.3 Å². The molecule has 0 amide bonds. The molecular weight excluding hydrogens is 643 g/mol. The van der Waals surface area contributed by atoms with Crippen molar-refractivity contribution in [2.75, 3.05) is 0 Å². The van der Waals surface area contributed by atoms with E-state index in [4.69, 9.17) is 15.0 Å². The molecule has 11 aromatic rings. The Bertz CT molecular complexity index is 3080. The van der Waals surface area contributed by atoms with Gasteiger partial charge in [0.1, 0.15) is 0 Å². The number of rotatable bonds is 4. The number of thiophene rings is 1. The van der Waals surface area contributed by atoms with E-state index in [-0.39, 0.29) is 0 Å². The smallest absolute Gasteiger partial charge is 0.238 e. The van der Waals surface area contributed by atoms with E-state index in [1.54, 1.807) is 0 Å². The van der Waals surface area contributed by atoms with Crippen LogP contribution in [0.2, 0.25) is 0 Å². The number of hydrogen-bond donors (Lipinski definition) is 0. The van der Waals surface area contributed by atoms with Gasteiger partial charge in [0.05, 0.1) is 32.5 Å². The summed E-state index contributed by atoms with van der Waals surface area (Å²) in [7, 11) is 0. The van der Waals surface area contributed by atoms with Crippen LogP contribution in [0.25, 0.3) is 98.2 Å². The van der Waals surface area contributed by atoms with Crippen molar-refractivity contribution >= 4 is 75.1 Å². The minimum Gasteiger partial charge on any atom is -0.307 e. The Morgan fingerprint density at radius 1 is 0.392 bits per heavy atom. The van der Waals surface area contributed by atoms with Crippen molar-refractivity contribution in [3.8, 4) is 34.4 Å². The van der Waals surface area contributed by atoms with Gasteiger partial charge >= 0.3 is 0 Å². The molecule has 0 aliphatic rings. The Morgan fingerprint density at radius 2 is 0.980 bits per heavy atom. The first-order valence-electron chi connectivity index (χ1n) is 17.0. The maximum Gasteiger partial charge on any atom is 0.238 e. The number of benzene rings is 7. The number of nitrogens with zero attached hydrogens (tertiary/aromatic N) is 5. The van der Waals surface area contributed by atoms with Crippen molar-refractivity contribution in [2.24, 2.45) is 0 Å². The average molecular weight is 670 g/mol.